The smallest absolute Gasteiger partial charge is 0.178 e. The number of hydrogen-bond donors (Lipinski definition) is 0. The highest BCUT2D eigenvalue weighted by Crippen LogP contribution is 2.34. The molecule has 1 aromatic carbocycles. The van der Waals surface area contributed by atoms with Gasteiger partial charge in [-0.2, -0.15) is 0 Å². The number of aromatic nitrogens is 1. The fraction of sp³-hybridized carbons (Fsp3) is 0.286. The molecule has 0 N–H and O–H groups in total. The fourth-order valence-electron chi connectivity index (χ4n) is 2.46. The van der Waals surface area contributed by atoms with Crippen molar-refractivity contribution in [3.05, 3.63) is 51.5 Å². The summed E-state index contributed by atoms with van der Waals surface area (Å²) in [5.41, 5.74) is 2.54. The Morgan fingerprint density at radius 2 is 2.12 bits per heavy atom. The third kappa shape index (κ3) is 2.03. The van der Waals surface area contributed by atoms with Gasteiger partial charge in [0.25, 0.3) is 0 Å². The first-order chi connectivity index (χ1) is 8.36. The molecule has 0 saturated heterocycles. The zero-order valence-electron chi connectivity index (χ0n) is 9.43. The van der Waals surface area contributed by atoms with Gasteiger partial charge in [0.05, 0.1) is 5.69 Å². The minimum atomic E-state index is 0.587. The summed E-state index contributed by atoms with van der Waals surface area (Å²) >= 11 is 1.55. The van der Waals surface area contributed by atoms with Gasteiger partial charge >= 0.3 is 0 Å². The van der Waals surface area contributed by atoms with Gasteiger partial charge in [-0.25, -0.2) is 4.98 Å². The number of benzene rings is 1. The van der Waals surface area contributed by atoms with E-state index in [-0.39, 0.29) is 0 Å². The Kier molecular flexibility index (Phi) is 2.77. The van der Waals surface area contributed by atoms with Gasteiger partial charge in [-0.1, -0.05) is 30.3 Å². The number of carbonyl (C=O) groups is 1. The van der Waals surface area contributed by atoms with Crippen molar-refractivity contribution in [3.8, 4) is 0 Å². The first-order valence-corrected chi connectivity index (χ1v) is 6.67. The molecule has 3 heteroatoms. The van der Waals surface area contributed by atoms with Crippen molar-refractivity contribution in [1.29, 1.82) is 0 Å². The average Bonchev–Trinajstić information content (AvgIpc) is 2.81. The zero-order chi connectivity index (χ0) is 11.7. The lowest BCUT2D eigenvalue weighted by Crippen LogP contribution is -2.11. The van der Waals surface area contributed by atoms with Crippen LogP contribution >= 0.6 is 11.3 Å². The van der Waals surface area contributed by atoms with E-state index in [0.717, 1.165) is 31.2 Å². The van der Waals surface area contributed by atoms with E-state index in [1.807, 2.05) is 0 Å². The summed E-state index contributed by atoms with van der Waals surface area (Å²) in [6.07, 6.45) is 4.03. The molecule has 0 aliphatic heterocycles. The number of aldehydes is 1. The minimum absolute atomic E-state index is 0.587. The van der Waals surface area contributed by atoms with Crippen LogP contribution < -0.4 is 0 Å². The Balaban J connectivity index is 1.87. The first-order valence-electron chi connectivity index (χ1n) is 5.85. The summed E-state index contributed by atoms with van der Waals surface area (Å²) in [5.74, 6) is 0.587. The van der Waals surface area contributed by atoms with Crippen LogP contribution in [0.1, 0.15) is 38.3 Å². The van der Waals surface area contributed by atoms with Crippen molar-refractivity contribution in [1.82, 2.24) is 4.98 Å². The molecule has 1 aliphatic carbocycles. The lowest BCUT2D eigenvalue weighted by atomic mass is 9.85. The van der Waals surface area contributed by atoms with Crippen molar-refractivity contribution in [2.45, 2.75) is 25.2 Å². The summed E-state index contributed by atoms with van der Waals surface area (Å²) in [6.45, 7) is 0. The van der Waals surface area contributed by atoms with Gasteiger partial charge in [0, 0.05) is 4.88 Å². The monoisotopic (exact) mass is 243 g/mol. The van der Waals surface area contributed by atoms with Gasteiger partial charge in [0.1, 0.15) is 0 Å². The maximum absolute atomic E-state index is 10.7. The number of aryl methyl sites for hydroxylation is 1. The van der Waals surface area contributed by atoms with Crippen LogP contribution in [0.4, 0.5) is 0 Å². The lowest BCUT2D eigenvalue weighted by Gasteiger charge is -2.21. The first kappa shape index (κ1) is 10.7. The lowest BCUT2D eigenvalue weighted by molar-refractivity contribution is 0.112. The SMILES string of the molecule is O=Cc1nc2c(s1)C[C@H](c1ccccc1)CC2. The van der Waals surface area contributed by atoms with Crippen molar-refractivity contribution in [2.24, 2.45) is 0 Å². The van der Waals surface area contributed by atoms with E-state index in [4.69, 9.17) is 0 Å². The largest absolute Gasteiger partial charge is 0.295 e. The van der Waals surface area contributed by atoms with Crippen LogP contribution in [0.3, 0.4) is 0 Å². The maximum atomic E-state index is 10.7. The van der Waals surface area contributed by atoms with E-state index in [1.165, 1.54) is 10.4 Å². The Morgan fingerprint density at radius 1 is 1.29 bits per heavy atom. The van der Waals surface area contributed by atoms with Gasteiger partial charge in [0.2, 0.25) is 0 Å². The molecule has 1 aliphatic rings. The number of carbonyl (C=O) groups excluding carboxylic acids is 1. The molecule has 3 rings (SSSR count). The molecule has 0 amide bonds. The average molecular weight is 243 g/mol. The Labute approximate surface area is 104 Å². The van der Waals surface area contributed by atoms with Crippen molar-refractivity contribution in [3.63, 3.8) is 0 Å². The standard InChI is InChI=1S/C14H13NOS/c16-9-14-15-12-7-6-11(8-13(12)17-14)10-4-2-1-3-5-10/h1-5,9,11H,6-8H2/t11-/m1/s1. The number of thiazole rings is 1. The van der Waals surface area contributed by atoms with E-state index in [0.29, 0.717) is 10.9 Å². The predicted molar refractivity (Wildman–Crippen MR) is 68.7 cm³/mol. The summed E-state index contributed by atoms with van der Waals surface area (Å²) < 4.78 is 0. The van der Waals surface area contributed by atoms with E-state index >= 15 is 0 Å². The summed E-state index contributed by atoms with van der Waals surface area (Å²) in [6, 6.07) is 10.6. The Hall–Kier alpha value is -1.48. The molecule has 0 saturated carbocycles. The van der Waals surface area contributed by atoms with Gasteiger partial charge < -0.3 is 0 Å². The van der Waals surface area contributed by atoms with Crippen molar-refractivity contribution >= 4 is 17.6 Å². The van der Waals surface area contributed by atoms with E-state index in [9.17, 15) is 4.79 Å². The number of fused-ring (bicyclic) bond motifs is 1. The zero-order valence-corrected chi connectivity index (χ0v) is 10.2. The molecule has 0 bridgehead atoms. The van der Waals surface area contributed by atoms with E-state index < -0.39 is 0 Å². The number of hydrogen-bond acceptors (Lipinski definition) is 3. The molecule has 0 spiro atoms. The molecule has 0 radical (unpaired) electrons. The highest BCUT2D eigenvalue weighted by molar-refractivity contribution is 7.13. The molecule has 86 valence electrons. The second kappa shape index (κ2) is 4.41. The van der Waals surface area contributed by atoms with Crippen LogP contribution in [-0.4, -0.2) is 11.3 Å². The van der Waals surface area contributed by atoms with Gasteiger partial charge in [-0.05, 0) is 30.7 Å². The van der Waals surface area contributed by atoms with Gasteiger partial charge in [0.15, 0.2) is 11.3 Å². The highest BCUT2D eigenvalue weighted by Gasteiger charge is 2.23. The number of rotatable bonds is 2. The van der Waals surface area contributed by atoms with Crippen LogP contribution in [0.5, 0.6) is 0 Å². The quantitative estimate of drug-likeness (QED) is 0.758. The second-order valence-electron chi connectivity index (χ2n) is 4.39. The molecule has 1 aromatic heterocycles. The summed E-state index contributed by atoms with van der Waals surface area (Å²) in [4.78, 5) is 16.4. The molecule has 2 nitrogen and oxygen atoms in total. The second-order valence-corrected chi connectivity index (χ2v) is 5.51. The molecular formula is C14H13NOS. The molecule has 1 atom stereocenters. The van der Waals surface area contributed by atoms with Crippen LogP contribution in [-0.2, 0) is 12.8 Å². The predicted octanol–water partition coefficient (Wildman–Crippen LogP) is 3.23. The maximum Gasteiger partial charge on any atom is 0.178 e. The van der Waals surface area contributed by atoms with Crippen molar-refractivity contribution in [2.75, 3.05) is 0 Å². The van der Waals surface area contributed by atoms with Crippen LogP contribution in [0.25, 0.3) is 0 Å². The number of nitrogens with zero attached hydrogens (tertiary/aromatic N) is 1. The molecular weight excluding hydrogens is 230 g/mol. The van der Waals surface area contributed by atoms with Crippen LogP contribution in [0, 0.1) is 0 Å². The Bertz CT molecular complexity index is 532. The Morgan fingerprint density at radius 3 is 2.88 bits per heavy atom. The van der Waals surface area contributed by atoms with Gasteiger partial charge in [-0.3, -0.25) is 4.79 Å². The fourth-order valence-corrected chi connectivity index (χ4v) is 3.46. The molecule has 17 heavy (non-hydrogen) atoms. The van der Waals surface area contributed by atoms with E-state index in [1.54, 1.807) is 11.3 Å². The summed E-state index contributed by atoms with van der Waals surface area (Å²) in [7, 11) is 0. The third-order valence-electron chi connectivity index (χ3n) is 3.33. The third-order valence-corrected chi connectivity index (χ3v) is 4.37. The molecule has 0 unspecified atom stereocenters. The normalized spacial score (nSPS) is 18.7. The molecule has 2 aromatic rings. The van der Waals surface area contributed by atoms with Crippen LogP contribution in [0.2, 0.25) is 0 Å². The van der Waals surface area contributed by atoms with Gasteiger partial charge in [-0.15, -0.1) is 11.3 Å². The van der Waals surface area contributed by atoms with Crippen LogP contribution in [0.15, 0.2) is 30.3 Å². The minimum Gasteiger partial charge on any atom is -0.295 e. The molecule has 1 heterocycles. The van der Waals surface area contributed by atoms with E-state index in [2.05, 4.69) is 35.3 Å². The molecule has 0 fully saturated rings. The summed E-state index contributed by atoms with van der Waals surface area (Å²) in [5, 5.41) is 0.628. The van der Waals surface area contributed by atoms with Crippen molar-refractivity contribution < 1.29 is 4.79 Å². The topological polar surface area (TPSA) is 30.0 Å². The highest BCUT2D eigenvalue weighted by atomic mass is 32.1.